The molecule has 2 aromatic rings. The maximum atomic E-state index is 3.45. The third-order valence-electron chi connectivity index (χ3n) is 3.36. The third-order valence-corrected chi connectivity index (χ3v) is 3.36. The molecular formula is C16H17N. The normalized spacial score (nSPS) is 13.9. The summed E-state index contributed by atoms with van der Waals surface area (Å²) in [5, 5.41) is 3.45. The van der Waals surface area contributed by atoms with E-state index in [1.807, 2.05) is 0 Å². The van der Waals surface area contributed by atoms with Crippen molar-refractivity contribution in [3.8, 4) is 0 Å². The van der Waals surface area contributed by atoms with Gasteiger partial charge in [-0.05, 0) is 42.0 Å². The summed E-state index contributed by atoms with van der Waals surface area (Å²) in [6, 6.07) is 17.5. The number of aryl methyl sites for hydroxylation is 1. The molecule has 1 aliphatic heterocycles. The fourth-order valence-corrected chi connectivity index (χ4v) is 2.47. The Bertz CT molecular complexity index is 502. The van der Waals surface area contributed by atoms with Crippen molar-refractivity contribution in [3.05, 3.63) is 65.2 Å². The number of nitrogens with one attached hydrogen (secondary N) is 1. The Labute approximate surface area is 102 Å². The minimum absolute atomic E-state index is 1.04. The van der Waals surface area contributed by atoms with E-state index in [2.05, 4.69) is 53.8 Å². The van der Waals surface area contributed by atoms with Crippen LogP contribution in [0.4, 0.5) is 5.69 Å². The second-order valence-corrected chi connectivity index (χ2v) is 4.68. The molecule has 0 amide bonds. The highest BCUT2D eigenvalue weighted by atomic mass is 14.9. The molecule has 0 saturated heterocycles. The Balaban J connectivity index is 1.84. The molecule has 0 atom stereocenters. The SMILES string of the molecule is c1ccc(Cc2ccc3c(c2)CCCN3)cc1. The first kappa shape index (κ1) is 10.4. The maximum absolute atomic E-state index is 3.45. The Morgan fingerprint density at radius 2 is 1.82 bits per heavy atom. The highest BCUT2D eigenvalue weighted by molar-refractivity contribution is 5.54. The molecule has 2 aromatic carbocycles. The summed E-state index contributed by atoms with van der Waals surface area (Å²) in [5.74, 6) is 0. The van der Waals surface area contributed by atoms with Crippen LogP contribution in [-0.4, -0.2) is 6.54 Å². The lowest BCUT2D eigenvalue weighted by atomic mass is 9.97. The maximum Gasteiger partial charge on any atom is 0.0372 e. The van der Waals surface area contributed by atoms with Gasteiger partial charge in [0.2, 0.25) is 0 Å². The van der Waals surface area contributed by atoms with Crippen LogP contribution < -0.4 is 5.32 Å². The van der Waals surface area contributed by atoms with Gasteiger partial charge < -0.3 is 5.32 Å². The smallest absolute Gasteiger partial charge is 0.0372 e. The molecule has 86 valence electrons. The fourth-order valence-electron chi connectivity index (χ4n) is 2.47. The molecular weight excluding hydrogens is 206 g/mol. The van der Waals surface area contributed by atoms with Crippen molar-refractivity contribution in [1.29, 1.82) is 0 Å². The van der Waals surface area contributed by atoms with E-state index >= 15 is 0 Å². The van der Waals surface area contributed by atoms with Crippen molar-refractivity contribution in [2.24, 2.45) is 0 Å². The van der Waals surface area contributed by atoms with Crippen molar-refractivity contribution in [3.63, 3.8) is 0 Å². The number of hydrogen-bond acceptors (Lipinski definition) is 1. The Kier molecular flexibility index (Phi) is 2.83. The number of hydrogen-bond donors (Lipinski definition) is 1. The molecule has 0 aromatic heterocycles. The largest absolute Gasteiger partial charge is 0.385 e. The predicted octanol–water partition coefficient (Wildman–Crippen LogP) is 3.64. The Hall–Kier alpha value is -1.76. The van der Waals surface area contributed by atoms with E-state index in [4.69, 9.17) is 0 Å². The minimum atomic E-state index is 1.04. The van der Waals surface area contributed by atoms with E-state index in [-0.39, 0.29) is 0 Å². The van der Waals surface area contributed by atoms with E-state index in [0.29, 0.717) is 0 Å². The quantitative estimate of drug-likeness (QED) is 0.819. The molecule has 0 spiro atoms. The minimum Gasteiger partial charge on any atom is -0.385 e. The van der Waals surface area contributed by atoms with Gasteiger partial charge in [-0.25, -0.2) is 0 Å². The van der Waals surface area contributed by atoms with E-state index in [9.17, 15) is 0 Å². The van der Waals surface area contributed by atoms with Gasteiger partial charge >= 0.3 is 0 Å². The van der Waals surface area contributed by atoms with Gasteiger partial charge in [-0.15, -0.1) is 0 Å². The summed E-state index contributed by atoms with van der Waals surface area (Å²) in [6.45, 7) is 1.12. The zero-order valence-electron chi connectivity index (χ0n) is 9.95. The zero-order chi connectivity index (χ0) is 11.5. The van der Waals surface area contributed by atoms with Gasteiger partial charge in [0.1, 0.15) is 0 Å². The fraction of sp³-hybridized carbons (Fsp3) is 0.250. The van der Waals surface area contributed by atoms with Crippen LogP contribution in [0, 0.1) is 0 Å². The number of anilines is 1. The van der Waals surface area contributed by atoms with Gasteiger partial charge in [0.05, 0.1) is 0 Å². The molecule has 0 bridgehead atoms. The molecule has 3 rings (SSSR count). The molecule has 1 heterocycles. The summed E-state index contributed by atoms with van der Waals surface area (Å²) in [6.07, 6.45) is 3.50. The van der Waals surface area contributed by atoms with Gasteiger partial charge in [-0.1, -0.05) is 42.5 Å². The second-order valence-electron chi connectivity index (χ2n) is 4.68. The molecule has 0 unspecified atom stereocenters. The molecule has 0 fully saturated rings. The molecule has 1 nitrogen and oxygen atoms in total. The number of rotatable bonds is 2. The number of fused-ring (bicyclic) bond motifs is 1. The van der Waals surface area contributed by atoms with Gasteiger partial charge in [0.15, 0.2) is 0 Å². The average molecular weight is 223 g/mol. The van der Waals surface area contributed by atoms with E-state index in [1.165, 1.54) is 35.2 Å². The lowest BCUT2D eigenvalue weighted by molar-refractivity contribution is 0.828. The Morgan fingerprint density at radius 1 is 0.941 bits per heavy atom. The lowest BCUT2D eigenvalue weighted by Crippen LogP contribution is -2.11. The van der Waals surface area contributed by atoms with E-state index < -0.39 is 0 Å². The summed E-state index contributed by atoms with van der Waals surface area (Å²) in [5.41, 5.74) is 5.60. The topological polar surface area (TPSA) is 12.0 Å². The van der Waals surface area contributed by atoms with Gasteiger partial charge in [-0.2, -0.15) is 0 Å². The van der Waals surface area contributed by atoms with Gasteiger partial charge in [0.25, 0.3) is 0 Å². The van der Waals surface area contributed by atoms with Crippen molar-refractivity contribution >= 4 is 5.69 Å². The first-order valence-electron chi connectivity index (χ1n) is 6.31. The standard InChI is InChI=1S/C16H17N/c1-2-5-13(6-3-1)11-14-8-9-16-15(12-14)7-4-10-17-16/h1-3,5-6,8-9,12,17H,4,7,10-11H2. The number of benzene rings is 2. The highest BCUT2D eigenvalue weighted by Gasteiger charge is 2.08. The summed E-state index contributed by atoms with van der Waals surface area (Å²) in [4.78, 5) is 0. The van der Waals surface area contributed by atoms with Crippen LogP contribution in [0.25, 0.3) is 0 Å². The van der Waals surface area contributed by atoms with Crippen LogP contribution >= 0.6 is 0 Å². The van der Waals surface area contributed by atoms with Crippen LogP contribution in [0.5, 0.6) is 0 Å². The van der Waals surface area contributed by atoms with Crippen molar-refractivity contribution in [1.82, 2.24) is 0 Å². The first-order valence-corrected chi connectivity index (χ1v) is 6.31. The third kappa shape index (κ3) is 2.33. The Morgan fingerprint density at radius 3 is 2.71 bits per heavy atom. The summed E-state index contributed by atoms with van der Waals surface area (Å²) >= 11 is 0. The van der Waals surface area contributed by atoms with Crippen molar-refractivity contribution in [2.75, 3.05) is 11.9 Å². The van der Waals surface area contributed by atoms with Crippen LogP contribution in [0.1, 0.15) is 23.1 Å². The van der Waals surface area contributed by atoms with Gasteiger partial charge in [0, 0.05) is 12.2 Å². The molecule has 0 saturated carbocycles. The monoisotopic (exact) mass is 223 g/mol. The van der Waals surface area contributed by atoms with Gasteiger partial charge in [-0.3, -0.25) is 0 Å². The van der Waals surface area contributed by atoms with Crippen LogP contribution in [0.3, 0.4) is 0 Å². The lowest BCUT2D eigenvalue weighted by Gasteiger charge is -2.18. The van der Waals surface area contributed by atoms with Crippen LogP contribution in [-0.2, 0) is 12.8 Å². The van der Waals surface area contributed by atoms with E-state index in [0.717, 1.165) is 13.0 Å². The summed E-state index contributed by atoms with van der Waals surface area (Å²) < 4.78 is 0. The van der Waals surface area contributed by atoms with Crippen LogP contribution in [0.2, 0.25) is 0 Å². The van der Waals surface area contributed by atoms with Crippen LogP contribution in [0.15, 0.2) is 48.5 Å². The summed E-state index contributed by atoms with van der Waals surface area (Å²) in [7, 11) is 0. The van der Waals surface area contributed by atoms with Crippen molar-refractivity contribution < 1.29 is 0 Å². The molecule has 1 aliphatic rings. The predicted molar refractivity (Wildman–Crippen MR) is 72.5 cm³/mol. The molecule has 1 N–H and O–H groups in total. The second kappa shape index (κ2) is 4.62. The van der Waals surface area contributed by atoms with E-state index in [1.54, 1.807) is 0 Å². The molecule has 1 heteroatoms. The molecule has 17 heavy (non-hydrogen) atoms. The highest BCUT2D eigenvalue weighted by Crippen LogP contribution is 2.23. The average Bonchev–Trinajstić information content (AvgIpc) is 2.40. The van der Waals surface area contributed by atoms with Crippen molar-refractivity contribution in [2.45, 2.75) is 19.3 Å². The first-order chi connectivity index (χ1) is 8.42. The molecule has 0 aliphatic carbocycles. The zero-order valence-corrected chi connectivity index (χ0v) is 9.95. The molecule has 0 radical (unpaired) electrons.